The zero-order chi connectivity index (χ0) is 26.6. The van der Waals surface area contributed by atoms with Gasteiger partial charge in [-0.2, -0.15) is 5.10 Å². The zero-order valence-electron chi connectivity index (χ0n) is 20.9. The summed E-state index contributed by atoms with van der Waals surface area (Å²) in [6.07, 6.45) is 0. The van der Waals surface area contributed by atoms with Gasteiger partial charge in [0.25, 0.3) is 0 Å². The van der Waals surface area contributed by atoms with Gasteiger partial charge in [-0.25, -0.2) is 9.48 Å². The molecule has 0 saturated heterocycles. The molecule has 0 atom stereocenters. The number of carbonyl (C=O) groups is 2. The summed E-state index contributed by atoms with van der Waals surface area (Å²) in [5.74, 6) is 0.206. The highest BCUT2D eigenvalue weighted by Crippen LogP contribution is 2.30. The Morgan fingerprint density at radius 3 is 2.31 bits per heavy atom. The summed E-state index contributed by atoms with van der Waals surface area (Å²) in [5, 5.41) is 11.4. The minimum atomic E-state index is -0.460. The van der Waals surface area contributed by atoms with Gasteiger partial charge in [0.05, 0.1) is 32.1 Å². The first-order valence-corrected chi connectivity index (χ1v) is 12.7. The number of nitrogens with zero attached hydrogens (tertiary/aromatic N) is 3. The van der Waals surface area contributed by atoms with Crippen molar-refractivity contribution in [1.29, 1.82) is 0 Å². The lowest BCUT2D eigenvalue weighted by Gasteiger charge is -2.24. The molecule has 192 valence electrons. The molecule has 2 N–H and O–H groups in total. The standard InChI is InChI=1S/C26H30Cl3N5O2/c1-16(2)14-33(25(36)30-19-11-8-10-18(28)24(19)29)15-23(35)31-22-13-21(26(3,4)5)32-34(22)20-12-7-6-9-17(20)27/h6-13,16H,14-15H2,1-5H3,(H,30,36)(H,31,35). The maximum Gasteiger partial charge on any atom is 0.322 e. The Bertz CT molecular complexity index is 1250. The molecule has 0 aliphatic rings. The quantitative estimate of drug-likeness (QED) is 0.325. The smallest absolute Gasteiger partial charge is 0.315 e. The third-order valence-electron chi connectivity index (χ3n) is 5.23. The highest BCUT2D eigenvalue weighted by Gasteiger charge is 2.24. The SMILES string of the molecule is CC(C)CN(CC(=O)Nc1cc(C(C)(C)C)nn1-c1ccccc1Cl)C(=O)Nc1cccc(Cl)c1Cl. The van der Waals surface area contributed by atoms with E-state index >= 15 is 0 Å². The van der Waals surface area contributed by atoms with Crippen molar-refractivity contribution < 1.29 is 9.59 Å². The molecule has 0 aliphatic heterocycles. The second kappa shape index (κ2) is 11.5. The lowest BCUT2D eigenvalue weighted by atomic mass is 9.92. The van der Waals surface area contributed by atoms with E-state index in [1.54, 1.807) is 28.9 Å². The van der Waals surface area contributed by atoms with E-state index in [9.17, 15) is 9.59 Å². The second-order valence-electron chi connectivity index (χ2n) is 9.88. The number of halogens is 3. The van der Waals surface area contributed by atoms with Crippen molar-refractivity contribution in [2.75, 3.05) is 23.7 Å². The Balaban J connectivity index is 1.85. The van der Waals surface area contributed by atoms with E-state index in [-0.39, 0.29) is 28.8 Å². The highest BCUT2D eigenvalue weighted by atomic mass is 35.5. The van der Waals surface area contributed by atoms with E-state index in [1.165, 1.54) is 4.90 Å². The predicted molar refractivity (Wildman–Crippen MR) is 148 cm³/mol. The predicted octanol–water partition coefficient (Wildman–Crippen LogP) is 7.26. The van der Waals surface area contributed by atoms with E-state index < -0.39 is 6.03 Å². The fourth-order valence-electron chi connectivity index (χ4n) is 3.45. The molecule has 1 aromatic heterocycles. The number of para-hydroxylation sites is 1. The first-order valence-electron chi connectivity index (χ1n) is 11.5. The molecule has 3 rings (SSSR count). The molecule has 0 aliphatic carbocycles. The van der Waals surface area contributed by atoms with Crippen LogP contribution in [-0.2, 0) is 10.2 Å². The van der Waals surface area contributed by atoms with Gasteiger partial charge in [0.1, 0.15) is 12.4 Å². The zero-order valence-corrected chi connectivity index (χ0v) is 23.2. The normalized spacial score (nSPS) is 11.5. The molecule has 3 amide bonds. The van der Waals surface area contributed by atoms with E-state index in [4.69, 9.17) is 39.9 Å². The summed E-state index contributed by atoms with van der Waals surface area (Å²) in [6, 6.07) is 13.6. The summed E-state index contributed by atoms with van der Waals surface area (Å²) in [6.45, 7) is 10.2. The molecule has 36 heavy (non-hydrogen) atoms. The van der Waals surface area contributed by atoms with Crippen molar-refractivity contribution in [2.45, 2.75) is 40.0 Å². The van der Waals surface area contributed by atoms with Gasteiger partial charge in [0.15, 0.2) is 0 Å². The van der Waals surface area contributed by atoms with Crippen LogP contribution in [0.5, 0.6) is 0 Å². The molecule has 0 saturated carbocycles. The van der Waals surface area contributed by atoms with Crippen LogP contribution < -0.4 is 10.6 Å². The average molecular weight is 551 g/mol. The number of urea groups is 1. The number of amides is 3. The molecule has 10 heteroatoms. The molecule has 3 aromatic rings. The molecule has 1 heterocycles. The molecule has 0 fully saturated rings. The maximum absolute atomic E-state index is 13.2. The Morgan fingerprint density at radius 2 is 1.67 bits per heavy atom. The van der Waals surface area contributed by atoms with Gasteiger partial charge in [0, 0.05) is 18.0 Å². The number of benzene rings is 2. The third kappa shape index (κ3) is 6.93. The van der Waals surface area contributed by atoms with Crippen LogP contribution in [0.1, 0.15) is 40.3 Å². The van der Waals surface area contributed by atoms with Crippen molar-refractivity contribution in [3.8, 4) is 5.69 Å². The van der Waals surface area contributed by atoms with Crippen LogP contribution in [0.25, 0.3) is 5.69 Å². The van der Waals surface area contributed by atoms with Gasteiger partial charge in [-0.3, -0.25) is 4.79 Å². The van der Waals surface area contributed by atoms with E-state index in [0.29, 0.717) is 33.8 Å². The van der Waals surface area contributed by atoms with Gasteiger partial charge in [-0.15, -0.1) is 0 Å². The van der Waals surface area contributed by atoms with Gasteiger partial charge in [-0.1, -0.05) is 87.6 Å². The van der Waals surface area contributed by atoms with Crippen LogP contribution in [0.15, 0.2) is 48.5 Å². The Morgan fingerprint density at radius 1 is 1.00 bits per heavy atom. The van der Waals surface area contributed by atoms with Crippen molar-refractivity contribution in [2.24, 2.45) is 5.92 Å². The van der Waals surface area contributed by atoms with Gasteiger partial charge >= 0.3 is 6.03 Å². The minimum absolute atomic E-state index is 0.125. The van der Waals surface area contributed by atoms with Gasteiger partial charge in [0.2, 0.25) is 5.91 Å². The first-order chi connectivity index (χ1) is 16.9. The van der Waals surface area contributed by atoms with Crippen molar-refractivity contribution in [3.05, 3.63) is 69.3 Å². The van der Waals surface area contributed by atoms with Crippen LogP contribution in [0, 0.1) is 5.92 Å². The molecular formula is C26H30Cl3N5O2. The number of hydrogen-bond acceptors (Lipinski definition) is 3. The summed E-state index contributed by atoms with van der Waals surface area (Å²) in [5.41, 5.74) is 1.53. The van der Waals surface area contributed by atoms with Gasteiger partial charge in [-0.05, 0) is 30.2 Å². The van der Waals surface area contributed by atoms with Crippen LogP contribution >= 0.6 is 34.8 Å². The summed E-state index contributed by atoms with van der Waals surface area (Å²) < 4.78 is 1.61. The number of hydrogen-bond donors (Lipinski definition) is 2. The minimum Gasteiger partial charge on any atom is -0.315 e. The summed E-state index contributed by atoms with van der Waals surface area (Å²) in [4.78, 5) is 27.7. The van der Waals surface area contributed by atoms with Crippen molar-refractivity contribution in [1.82, 2.24) is 14.7 Å². The highest BCUT2D eigenvalue weighted by molar-refractivity contribution is 6.44. The molecule has 0 radical (unpaired) electrons. The summed E-state index contributed by atoms with van der Waals surface area (Å²) in [7, 11) is 0. The van der Waals surface area contributed by atoms with Crippen LogP contribution in [0.3, 0.4) is 0 Å². The Hall–Kier alpha value is -2.74. The largest absolute Gasteiger partial charge is 0.322 e. The second-order valence-corrected chi connectivity index (χ2v) is 11.1. The number of anilines is 2. The van der Waals surface area contributed by atoms with Crippen molar-refractivity contribution >= 4 is 58.2 Å². The number of aromatic nitrogens is 2. The monoisotopic (exact) mass is 549 g/mol. The fraction of sp³-hybridized carbons (Fsp3) is 0.346. The van der Waals surface area contributed by atoms with E-state index in [1.807, 2.05) is 58.9 Å². The molecule has 0 spiro atoms. The number of carbonyl (C=O) groups excluding carboxylic acids is 2. The van der Waals surface area contributed by atoms with Crippen LogP contribution in [-0.4, -0.2) is 39.7 Å². The number of rotatable bonds is 7. The molecule has 2 aromatic carbocycles. The Labute approximate surface area is 226 Å². The van der Waals surface area contributed by atoms with E-state index in [0.717, 1.165) is 5.69 Å². The molecular weight excluding hydrogens is 521 g/mol. The third-order valence-corrected chi connectivity index (χ3v) is 6.36. The Kier molecular flexibility index (Phi) is 8.93. The van der Waals surface area contributed by atoms with Crippen LogP contribution in [0.4, 0.5) is 16.3 Å². The lowest BCUT2D eigenvalue weighted by Crippen LogP contribution is -2.42. The fourth-order valence-corrected chi connectivity index (χ4v) is 4.02. The molecule has 0 bridgehead atoms. The first kappa shape index (κ1) is 27.8. The van der Waals surface area contributed by atoms with Crippen LogP contribution in [0.2, 0.25) is 15.1 Å². The summed E-state index contributed by atoms with van der Waals surface area (Å²) >= 11 is 18.7. The van der Waals surface area contributed by atoms with E-state index in [2.05, 4.69) is 10.6 Å². The maximum atomic E-state index is 13.2. The lowest BCUT2D eigenvalue weighted by molar-refractivity contribution is -0.116. The van der Waals surface area contributed by atoms with Gasteiger partial charge < -0.3 is 15.5 Å². The average Bonchev–Trinajstić information content (AvgIpc) is 3.20. The molecule has 7 nitrogen and oxygen atoms in total. The topological polar surface area (TPSA) is 79.3 Å². The number of nitrogens with one attached hydrogen (secondary N) is 2. The molecule has 0 unspecified atom stereocenters. The van der Waals surface area contributed by atoms with Crippen molar-refractivity contribution in [3.63, 3.8) is 0 Å².